The second-order valence-corrected chi connectivity index (χ2v) is 4.64. The Morgan fingerprint density at radius 3 is 2.48 bits per heavy atom. The van der Waals surface area contributed by atoms with Gasteiger partial charge in [0.2, 0.25) is 0 Å². The van der Waals surface area contributed by atoms with Gasteiger partial charge in [0.1, 0.15) is 5.82 Å². The SMILES string of the molecule is O=C(COC(=O)Cc1cccc(F)c1)Nc1ccc(F)c(F)c1. The Kier molecular flexibility index (Phi) is 5.35. The van der Waals surface area contributed by atoms with Crippen molar-refractivity contribution < 1.29 is 27.5 Å². The van der Waals surface area contributed by atoms with Crippen molar-refractivity contribution in [2.24, 2.45) is 0 Å². The fourth-order valence-corrected chi connectivity index (χ4v) is 1.78. The van der Waals surface area contributed by atoms with Crippen molar-refractivity contribution in [1.82, 2.24) is 0 Å². The number of anilines is 1. The molecule has 0 spiro atoms. The maximum absolute atomic E-state index is 13.0. The molecule has 0 aliphatic heterocycles. The molecule has 0 aliphatic carbocycles. The Bertz CT molecular complexity index is 734. The van der Waals surface area contributed by atoms with E-state index >= 15 is 0 Å². The van der Waals surface area contributed by atoms with Crippen LogP contribution in [-0.4, -0.2) is 18.5 Å². The van der Waals surface area contributed by atoms with Gasteiger partial charge in [-0.3, -0.25) is 9.59 Å². The van der Waals surface area contributed by atoms with Crippen LogP contribution in [0.1, 0.15) is 5.56 Å². The number of benzene rings is 2. The Balaban J connectivity index is 1.81. The molecular weight excluding hydrogens is 311 g/mol. The zero-order valence-corrected chi connectivity index (χ0v) is 11.8. The summed E-state index contributed by atoms with van der Waals surface area (Å²) < 4.78 is 43.4. The zero-order valence-electron chi connectivity index (χ0n) is 11.8. The molecule has 0 bridgehead atoms. The number of nitrogens with one attached hydrogen (secondary N) is 1. The molecule has 0 heterocycles. The maximum Gasteiger partial charge on any atom is 0.310 e. The largest absolute Gasteiger partial charge is 0.455 e. The molecule has 0 saturated carbocycles. The molecule has 2 aromatic carbocycles. The number of halogens is 3. The highest BCUT2D eigenvalue weighted by Crippen LogP contribution is 2.13. The normalized spacial score (nSPS) is 10.2. The van der Waals surface area contributed by atoms with Crippen molar-refractivity contribution in [3.63, 3.8) is 0 Å². The van der Waals surface area contributed by atoms with Crippen LogP contribution in [0.5, 0.6) is 0 Å². The lowest BCUT2D eigenvalue weighted by Crippen LogP contribution is -2.21. The minimum absolute atomic E-state index is 0.0371. The van der Waals surface area contributed by atoms with Crippen LogP contribution < -0.4 is 5.32 Å². The predicted molar refractivity (Wildman–Crippen MR) is 76.1 cm³/mol. The van der Waals surface area contributed by atoms with Gasteiger partial charge in [-0.1, -0.05) is 12.1 Å². The summed E-state index contributed by atoms with van der Waals surface area (Å²) in [5.74, 6) is -4.04. The lowest BCUT2D eigenvalue weighted by molar-refractivity contribution is -0.146. The van der Waals surface area contributed by atoms with E-state index in [1.165, 1.54) is 24.3 Å². The van der Waals surface area contributed by atoms with Gasteiger partial charge in [0, 0.05) is 11.8 Å². The molecule has 0 radical (unpaired) electrons. The number of hydrogen-bond donors (Lipinski definition) is 1. The van der Waals surface area contributed by atoms with Gasteiger partial charge in [-0.15, -0.1) is 0 Å². The summed E-state index contributed by atoms with van der Waals surface area (Å²) in [5.41, 5.74) is 0.450. The highest BCUT2D eigenvalue weighted by molar-refractivity contribution is 5.92. The van der Waals surface area contributed by atoms with Crippen LogP contribution in [0.25, 0.3) is 0 Å². The highest BCUT2D eigenvalue weighted by atomic mass is 19.2. The maximum atomic E-state index is 13.0. The lowest BCUT2D eigenvalue weighted by atomic mass is 10.1. The van der Waals surface area contributed by atoms with E-state index in [2.05, 4.69) is 5.32 Å². The molecule has 1 N–H and O–H groups in total. The first-order valence-electron chi connectivity index (χ1n) is 6.59. The van der Waals surface area contributed by atoms with Crippen LogP contribution in [0.3, 0.4) is 0 Å². The summed E-state index contributed by atoms with van der Waals surface area (Å²) in [4.78, 5) is 23.1. The highest BCUT2D eigenvalue weighted by Gasteiger charge is 2.10. The molecule has 0 aromatic heterocycles. The van der Waals surface area contributed by atoms with Crippen LogP contribution in [-0.2, 0) is 20.7 Å². The number of carbonyl (C=O) groups is 2. The zero-order chi connectivity index (χ0) is 16.8. The summed E-state index contributed by atoms with van der Waals surface area (Å²) in [6.07, 6.45) is -0.184. The Morgan fingerprint density at radius 2 is 1.78 bits per heavy atom. The van der Waals surface area contributed by atoms with Gasteiger partial charge in [0.15, 0.2) is 18.2 Å². The number of rotatable bonds is 5. The van der Waals surface area contributed by atoms with Crippen molar-refractivity contribution in [3.05, 3.63) is 65.5 Å². The smallest absolute Gasteiger partial charge is 0.310 e. The molecule has 0 unspecified atom stereocenters. The molecule has 1 amide bonds. The second-order valence-electron chi connectivity index (χ2n) is 4.64. The van der Waals surface area contributed by atoms with Crippen molar-refractivity contribution in [2.45, 2.75) is 6.42 Å². The first-order valence-corrected chi connectivity index (χ1v) is 6.59. The molecule has 23 heavy (non-hydrogen) atoms. The molecular formula is C16H12F3NO3. The van der Waals surface area contributed by atoms with Gasteiger partial charge in [-0.05, 0) is 29.8 Å². The molecule has 7 heteroatoms. The summed E-state index contributed by atoms with van der Waals surface area (Å²) in [6, 6.07) is 8.26. The van der Waals surface area contributed by atoms with Gasteiger partial charge >= 0.3 is 5.97 Å². The van der Waals surface area contributed by atoms with E-state index in [1.54, 1.807) is 6.07 Å². The Hall–Kier alpha value is -2.83. The van der Waals surface area contributed by atoms with E-state index in [0.717, 1.165) is 12.1 Å². The lowest BCUT2D eigenvalue weighted by Gasteiger charge is -2.07. The first kappa shape index (κ1) is 16.5. The first-order chi connectivity index (χ1) is 10.9. The van der Waals surface area contributed by atoms with Crippen LogP contribution in [0.2, 0.25) is 0 Å². The number of hydrogen-bond acceptors (Lipinski definition) is 3. The topological polar surface area (TPSA) is 55.4 Å². The molecule has 2 rings (SSSR count). The molecule has 0 aliphatic rings. The van der Waals surface area contributed by atoms with Gasteiger partial charge in [0.25, 0.3) is 5.91 Å². The van der Waals surface area contributed by atoms with Crippen molar-refractivity contribution >= 4 is 17.6 Å². The Labute approximate surface area is 129 Å². The van der Waals surface area contributed by atoms with E-state index in [-0.39, 0.29) is 12.1 Å². The third kappa shape index (κ3) is 5.14. The summed E-state index contributed by atoms with van der Waals surface area (Å²) >= 11 is 0. The molecule has 0 saturated heterocycles. The number of amides is 1. The number of ether oxygens (including phenoxy) is 1. The van der Waals surface area contributed by atoms with Crippen LogP contribution in [0.15, 0.2) is 42.5 Å². The molecule has 2 aromatic rings. The van der Waals surface area contributed by atoms with Crippen LogP contribution >= 0.6 is 0 Å². The number of carbonyl (C=O) groups excluding carboxylic acids is 2. The van der Waals surface area contributed by atoms with Crippen molar-refractivity contribution in [2.75, 3.05) is 11.9 Å². The van der Waals surface area contributed by atoms with E-state index < -0.39 is 35.9 Å². The second kappa shape index (κ2) is 7.44. The van der Waals surface area contributed by atoms with E-state index in [4.69, 9.17) is 4.74 Å². The van der Waals surface area contributed by atoms with Crippen LogP contribution in [0.4, 0.5) is 18.9 Å². The molecule has 120 valence electrons. The third-order valence-electron chi connectivity index (χ3n) is 2.81. The standard InChI is InChI=1S/C16H12F3NO3/c17-11-3-1-2-10(6-11)7-16(22)23-9-15(21)20-12-4-5-13(18)14(19)8-12/h1-6,8H,7,9H2,(H,20,21). The molecule has 4 nitrogen and oxygen atoms in total. The van der Waals surface area contributed by atoms with E-state index in [1.807, 2.05) is 0 Å². The van der Waals surface area contributed by atoms with E-state index in [0.29, 0.717) is 5.56 Å². The summed E-state index contributed by atoms with van der Waals surface area (Å²) in [7, 11) is 0. The summed E-state index contributed by atoms with van der Waals surface area (Å²) in [6.45, 7) is -0.590. The molecule has 0 atom stereocenters. The van der Waals surface area contributed by atoms with Gasteiger partial charge in [-0.2, -0.15) is 0 Å². The molecule has 0 fully saturated rings. The number of esters is 1. The quantitative estimate of drug-likeness (QED) is 0.861. The fraction of sp³-hybridized carbons (Fsp3) is 0.125. The van der Waals surface area contributed by atoms with Crippen LogP contribution in [0, 0.1) is 17.5 Å². The Morgan fingerprint density at radius 1 is 1.00 bits per heavy atom. The minimum atomic E-state index is -1.11. The summed E-state index contributed by atoms with van der Waals surface area (Å²) in [5, 5.41) is 2.26. The minimum Gasteiger partial charge on any atom is -0.455 e. The van der Waals surface area contributed by atoms with Crippen molar-refractivity contribution in [1.29, 1.82) is 0 Å². The predicted octanol–water partition coefficient (Wildman–Crippen LogP) is 2.83. The van der Waals surface area contributed by atoms with Crippen molar-refractivity contribution in [3.8, 4) is 0 Å². The fourth-order valence-electron chi connectivity index (χ4n) is 1.78. The average molecular weight is 323 g/mol. The van der Waals surface area contributed by atoms with Gasteiger partial charge in [0.05, 0.1) is 6.42 Å². The third-order valence-corrected chi connectivity index (χ3v) is 2.81. The average Bonchev–Trinajstić information content (AvgIpc) is 2.49. The monoisotopic (exact) mass is 323 g/mol. The van der Waals surface area contributed by atoms with Gasteiger partial charge in [-0.25, -0.2) is 13.2 Å². The van der Waals surface area contributed by atoms with E-state index in [9.17, 15) is 22.8 Å². The van der Waals surface area contributed by atoms with Gasteiger partial charge < -0.3 is 10.1 Å².